The predicted molar refractivity (Wildman–Crippen MR) is 238 cm³/mol. The van der Waals surface area contributed by atoms with Crippen molar-refractivity contribution in [2.24, 2.45) is 0 Å². The van der Waals surface area contributed by atoms with Gasteiger partial charge in [-0.05, 0) is 12.8 Å². The molecule has 0 spiro atoms. The summed E-state index contributed by atoms with van der Waals surface area (Å²) in [5, 5.41) is 71.9. The van der Waals surface area contributed by atoms with Gasteiger partial charge in [-0.15, -0.1) is 0 Å². The van der Waals surface area contributed by atoms with Crippen LogP contribution in [0.3, 0.4) is 0 Å². The Morgan fingerprint density at radius 3 is 1.24 bits per heavy atom. The number of unbranched alkanes of at least 4 members (excludes halogenated alkanes) is 25. The Bertz CT molecular complexity index is 1110. The maximum atomic E-state index is 13.0. The smallest absolute Gasteiger partial charge is 0.306 e. The minimum Gasteiger partial charge on any atom is -0.462 e. The number of ether oxygens (including phenoxy) is 6. The summed E-state index contributed by atoms with van der Waals surface area (Å²) < 4.78 is 33.5. The van der Waals surface area contributed by atoms with Crippen LogP contribution in [0.1, 0.15) is 200 Å². The molecule has 0 aliphatic carbocycles. The standard InChI is InChI=1S/C48H90O15/c1-3-5-7-9-11-13-14-15-16-17-18-19-20-21-23-25-27-29-31-40(51)61-36(33-58-39(50)30-28-26-24-22-12-10-8-6-4-2)34-59-47-46(57)44(55)42(53)38(63-47)35-60-48-45(56)43(54)41(52)37(32-49)62-48/h36-38,41-49,52-57H,3-35H2,1-2H3/t36-,37+,38+,41-,42-,43?,44?,45?,46?,47+,48+/m1/s1. The van der Waals surface area contributed by atoms with Crippen LogP contribution in [0.15, 0.2) is 0 Å². The molecule has 0 aromatic rings. The van der Waals surface area contributed by atoms with E-state index < -0.39 is 92.7 Å². The van der Waals surface area contributed by atoms with E-state index in [4.69, 9.17) is 28.4 Å². The van der Waals surface area contributed by atoms with Crippen LogP contribution >= 0.6 is 0 Å². The Labute approximate surface area is 378 Å². The fourth-order valence-electron chi connectivity index (χ4n) is 8.16. The summed E-state index contributed by atoms with van der Waals surface area (Å²) in [6.45, 7) is 2.59. The Hall–Kier alpha value is -1.50. The highest BCUT2D eigenvalue weighted by Gasteiger charge is 2.47. The second kappa shape index (κ2) is 36.6. The van der Waals surface area contributed by atoms with Crippen LogP contribution in [-0.2, 0) is 38.0 Å². The molecule has 2 aliphatic rings. The van der Waals surface area contributed by atoms with E-state index in [0.717, 1.165) is 38.5 Å². The van der Waals surface area contributed by atoms with Gasteiger partial charge in [0.05, 0.1) is 19.8 Å². The second-order valence-electron chi connectivity index (χ2n) is 18.0. The average molecular weight is 907 g/mol. The van der Waals surface area contributed by atoms with Crippen molar-refractivity contribution in [3.63, 3.8) is 0 Å². The van der Waals surface area contributed by atoms with Gasteiger partial charge in [0.25, 0.3) is 0 Å². The molecule has 0 saturated carbocycles. The molecule has 63 heavy (non-hydrogen) atoms. The number of hydrogen-bond acceptors (Lipinski definition) is 15. The number of aliphatic hydroxyl groups excluding tert-OH is 7. The molecular weight excluding hydrogens is 817 g/mol. The van der Waals surface area contributed by atoms with Gasteiger partial charge >= 0.3 is 11.9 Å². The number of esters is 2. The Balaban J connectivity index is 1.78. The lowest BCUT2D eigenvalue weighted by Gasteiger charge is -2.42. The van der Waals surface area contributed by atoms with Gasteiger partial charge in [0, 0.05) is 12.8 Å². The van der Waals surface area contributed by atoms with E-state index in [1.807, 2.05) is 0 Å². The molecule has 15 nitrogen and oxygen atoms in total. The first-order valence-corrected chi connectivity index (χ1v) is 25.1. The number of carbonyl (C=O) groups is 2. The van der Waals surface area contributed by atoms with Gasteiger partial charge in [-0.2, -0.15) is 0 Å². The quantitative estimate of drug-likeness (QED) is 0.0260. The molecule has 0 bridgehead atoms. The van der Waals surface area contributed by atoms with Crippen LogP contribution < -0.4 is 0 Å². The molecule has 0 amide bonds. The van der Waals surface area contributed by atoms with Crippen LogP contribution in [0.25, 0.3) is 0 Å². The van der Waals surface area contributed by atoms with E-state index in [1.54, 1.807) is 0 Å². The van der Waals surface area contributed by atoms with Crippen LogP contribution in [0.4, 0.5) is 0 Å². The number of aliphatic hydroxyl groups is 7. The maximum absolute atomic E-state index is 13.0. The second-order valence-corrected chi connectivity index (χ2v) is 18.0. The van der Waals surface area contributed by atoms with Gasteiger partial charge in [0.15, 0.2) is 18.7 Å². The van der Waals surface area contributed by atoms with Gasteiger partial charge in [0.1, 0.15) is 55.4 Å². The third-order valence-corrected chi connectivity index (χ3v) is 12.3. The Morgan fingerprint density at radius 2 is 0.810 bits per heavy atom. The van der Waals surface area contributed by atoms with E-state index in [2.05, 4.69) is 13.8 Å². The highest BCUT2D eigenvalue weighted by Crippen LogP contribution is 2.26. The van der Waals surface area contributed by atoms with Crippen LogP contribution in [0.2, 0.25) is 0 Å². The van der Waals surface area contributed by atoms with E-state index in [-0.39, 0.29) is 26.1 Å². The lowest BCUT2D eigenvalue weighted by Crippen LogP contribution is -2.61. The normalized spacial score (nSPS) is 26.7. The molecule has 4 unspecified atom stereocenters. The molecular formula is C48H90O15. The largest absolute Gasteiger partial charge is 0.462 e. The minimum atomic E-state index is -1.76. The molecule has 2 aliphatic heterocycles. The van der Waals surface area contributed by atoms with Crippen molar-refractivity contribution in [3.8, 4) is 0 Å². The summed E-state index contributed by atoms with van der Waals surface area (Å²) in [4.78, 5) is 25.6. The van der Waals surface area contributed by atoms with E-state index in [1.165, 1.54) is 122 Å². The van der Waals surface area contributed by atoms with E-state index in [9.17, 15) is 45.3 Å². The highest BCUT2D eigenvalue weighted by atomic mass is 16.7. The predicted octanol–water partition coefficient (Wildman–Crippen LogP) is 6.43. The minimum absolute atomic E-state index is 0.173. The molecule has 0 aromatic carbocycles. The molecule has 372 valence electrons. The summed E-state index contributed by atoms with van der Waals surface area (Å²) in [7, 11) is 0. The third kappa shape index (κ3) is 25.3. The van der Waals surface area contributed by atoms with Crippen LogP contribution in [0, 0.1) is 0 Å². The van der Waals surface area contributed by atoms with E-state index >= 15 is 0 Å². The first-order valence-electron chi connectivity index (χ1n) is 25.1. The summed E-state index contributed by atoms with van der Waals surface area (Å²) >= 11 is 0. The Kier molecular flexibility index (Phi) is 33.5. The zero-order valence-corrected chi connectivity index (χ0v) is 39.1. The molecule has 0 aromatic heterocycles. The highest BCUT2D eigenvalue weighted by molar-refractivity contribution is 5.70. The zero-order chi connectivity index (χ0) is 46.1. The maximum Gasteiger partial charge on any atom is 0.306 e. The number of hydrogen-bond donors (Lipinski definition) is 7. The fourth-order valence-corrected chi connectivity index (χ4v) is 8.16. The molecule has 2 heterocycles. The van der Waals surface area contributed by atoms with Gasteiger partial charge < -0.3 is 64.2 Å². The van der Waals surface area contributed by atoms with Crippen molar-refractivity contribution in [2.45, 2.75) is 268 Å². The number of rotatable bonds is 39. The van der Waals surface area contributed by atoms with Crippen molar-refractivity contribution >= 4 is 11.9 Å². The number of carbonyl (C=O) groups excluding carboxylic acids is 2. The first-order chi connectivity index (χ1) is 30.5. The van der Waals surface area contributed by atoms with Crippen molar-refractivity contribution in [2.75, 3.05) is 26.4 Å². The Morgan fingerprint density at radius 1 is 0.444 bits per heavy atom. The zero-order valence-electron chi connectivity index (χ0n) is 39.1. The molecule has 15 heteroatoms. The van der Waals surface area contributed by atoms with Crippen LogP contribution in [0.5, 0.6) is 0 Å². The molecule has 2 fully saturated rings. The fraction of sp³-hybridized carbons (Fsp3) is 0.958. The van der Waals surface area contributed by atoms with Gasteiger partial charge in [-0.3, -0.25) is 9.59 Å². The topological polar surface area (TPSA) is 231 Å². The average Bonchev–Trinajstić information content (AvgIpc) is 3.28. The summed E-state index contributed by atoms with van der Waals surface area (Å²) in [6, 6.07) is 0. The summed E-state index contributed by atoms with van der Waals surface area (Å²) in [5.74, 6) is -0.915. The van der Waals surface area contributed by atoms with E-state index in [0.29, 0.717) is 12.8 Å². The molecule has 2 rings (SSSR count). The van der Waals surface area contributed by atoms with Crippen molar-refractivity contribution in [1.29, 1.82) is 0 Å². The van der Waals surface area contributed by atoms with Crippen LogP contribution in [-0.4, -0.2) is 142 Å². The van der Waals surface area contributed by atoms with Gasteiger partial charge in [-0.1, -0.05) is 174 Å². The first kappa shape index (κ1) is 57.6. The molecule has 11 atom stereocenters. The monoisotopic (exact) mass is 907 g/mol. The van der Waals surface area contributed by atoms with Crippen molar-refractivity contribution in [1.82, 2.24) is 0 Å². The SMILES string of the molecule is CCCCCCCCCCCCCCCCCCCCC(=O)O[C@H](COC(=O)CCCCCCCCCCC)CO[C@H]1O[C@@H](CO[C@H]2O[C@@H](CO)[C@@H](O)C(O)C2O)[C@@H](O)C(O)C1O. The molecule has 0 radical (unpaired) electrons. The summed E-state index contributed by atoms with van der Waals surface area (Å²) in [6.07, 6.45) is 15.8. The lowest BCUT2D eigenvalue weighted by atomic mass is 9.98. The molecule has 7 N–H and O–H groups in total. The van der Waals surface area contributed by atoms with Gasteiger partial charge in [0.2, 0.25) is 0 Å². The van der Waals surface area contributed by atoms with Crippen molar-refractivity contribution < 1.29 is 73.8 Å². The molecule has 2 saturated heterocycles. The lowest BCUT2D eigenvalue weighted by molar-refractivity contribution is -0.332. The summed E-state index contributed by atoms with van der Waals surface area (Å²) in [5.41, 5.74) is 0. The van der Waals surface area contributed by atoms with Gasteiger partial charge in [-0.25, -0.2) is 0 Å². The van der Waals surface area contributed by atoms with Crippen molar-refractivity contribution in [3.05, 3.63) is 0 Å². The third-order valence-electron chi connectivity index (χ3n) is 12.3.